The monoisotopic (exact) mass is 646 g/mol. The number of anilines is 4. The van der Waals surface area contributed by atoms with Gasteiger partial charge in [-0.15, -0.1) is 0 Å². The van der Waals surface area contributed by atoms with E-state index in [2.05, 4.69) is 30.3 Å². The number of hydrogen-bond donors (Lipinski definition) is 5. The summed E-state index contributed by atoms with van der Waals surface area (Å²) in [5, 5.41) is 0. The second-order valence-electron chi connectivity index (χ2n) is 11.3. The molecular weight excluding hydrogens is 601 g/mol. The molecule has 1 saturated carbocycles. The maximum Gasteiger partial charge on any atom is 0.0606 e. The van der Waals surface area contributed by atoms with E-state index in [4.69, 9.17) is 38.1 Å². The van der Waals surface area contributed by atoms with Gasteiger partial charge in [0.25, 0.3) is 0 Å². The van der Waals surface area contributed by atoms with Crippen LogP contribution in [0.1, 0.15) is 86.5 Å². The Morgan fingerprint density at radius 3 is 2.26 bits per heavy atom. The molecule has 1 saturated heterocycles. The molecule has 7 nitrogen and oxygen atoms in total. The fourth-order valence-electron chi connectivity index (χ4n) is 6.26. The van der Waals surface area contributed by atoms with Crippen LogP contribution in [0, 0.1) is 5.92 Å². The van der Waals surface area contributed by atoms with Gasteiger partial charge in [0.15, 0.2) is 0 Å². The summed E-state index contributed by atoms with van der Waals surface area (Å²) in [5.74, 6) is 1.17. The Balaban J connectivity index is 1.13. The average molecular weight is 647 g/mol. The molecule has 2 fully saturated rings. The van der Waals surface area contributed by atoms with Gasteiger partial charge < -0.3 is 16.2 Å². The molecule has 0 radical (unpaired) electrons. The molecule has 2 aromatic carbocycles. The largest absolute Gasteiger partial charge is 0.397 e. The van der Waals surface area contributed by atoms with E-state index in [1.54, 1.807) is 0 Å². The smallest absolute Gasteiger partial charge is 0.0606 e. The second kappa shape index (κ2) is 12.7. The van der Waals surface area contributed by atoms with Crippen molar-refractivity contribution in [3.8, 4) is 0 Å². The molecule has 3 aliphatic rings. The molecule has 5 rings (SSSR count). The van der Waals surface area contributed by atoms with E-state index in [0.717, 1.165) is 73.1 Å². The predicted octanol–water partition coefficient (Wildman–Crippen LogP) is 2.12. The van der Waals surface area contributed by atoms with Crippen molar-refractivity contribution in [2.75, 3.05) is 29.5 Å². The van der Waals surface area contributed by atoms with Crippen molar-refractivity contribution in [1.29, 1.82) is 0 Å². The van der Waals surface area contributed by atoms with Gasteiger partial charge in [-0.1, -0.05) is 12.1 Å². The first-order chi connectivity index (χ1) is 18.9. The number of allylic oxidation sites excluding steroid dienone is 1. The van der Waals surface area contributed by atoms with E-state index >= 15 is 0 Å². The first-order valence-corrected chi connectivity index (χ1v) is 17.0. The minimum atomic E-state index is 0.0713. The van der Waals surface area contributed by atoms with Gasteiger partial charge in [0, 0.05) is 12.2 Å². The minimum Gasteiger partial charge on any atom is -0.397 e. The van der Waals surface area contributed by atoms with Gasteiger partial charge in [-0.25, -0.2) is 0 Å². The molecule has 0 amide bonds. The fraction of sp³-hybridized carbons (Fsp3) is 0.548. The molecule has 0 spiro atoms. The van der Waals surface area contributed by atoms with E-state index in [1.807, 2.05) is 6.92 Å². The second-order valence-corrected chi connectivity index (χ2v) is 14.7. The summed E-state index contributed by atoms with van der Waals surface area (Å²) >= 11 is 0.0713. The zero-order chi connectivity index (χ0) is 27.5. The van der Waals surface area contributed by atoms with E-state index in [-0.39, 0.29) is 21.2 Å². The van der Waals surface area contributed by atoms with Crippen LogP contribution in [0.3, 0.4) is 0 Å². The molecule has 1 unspecified atom stereocenters. The van der Waals surface area contributed by atoms with E-state index < -0.39 is 0 Å². The summed E-state index contributed by atoms with van der Waals surface area (Å²) in [7, 11) is 0. The van der Waals surface area contributed by atoms with Crippen LogP contribution in [0.2, 0.25) is 0 Å². The van der Waals surface area contributed by atoms with Crippen molar-refractivity contribution >= 4 is 28.3 Å². The third kappa shape index (κ3) is 6.66. The topological polar surface area (TPSA) is 149 Å². The van der Waals surface area contributed by atoms with Crippen molar-refractivity contribution in [2.24, 2.45) is 11.7 Å². The summed E-state index contributed by atoms with van der Waals surface area (Å²) in [6, 6.07) is 8.61. The van der Waals surface area contributed by atoms with E-state index in [0.29, 0.717) is 45.0 Å². The van der Waals surface area contributed by atoms with Crippen LogP contribution < -0.4 is 49.9 Å². The summed E-state index contributed by atoms with van der Waals surface area (Å²) in [6.07, 6.45) is 12.3. The molecule has 8 heteroatoms. The Labute approximate surface area is 243 Å². The summed E-state index contributed by atoms with van der Waals surface area (Å²) in [5.41, 5.74) is 40.6. The molecule has 214 valence electrons. The quantitative estimate of drug-likeness (QED) is 0.115. The molecule has 1 aliphatic heterocycles. The first-order valence-electron chi connectivity index (χ1n) is 14.5. The Kier molecular flexibility index (Phi) is 9.26. The molecule has 0 bridgehead atoms. The number of ether oxygens (including phenoxy) is 2. The number of alkyl halides is 2. The minimum absolute atomic E-state index is 0.0713. The number of benzene rings is 2. The summed E-state index contributed by atoms with van der Waals surface area (Å²) < 4.78 is 12.4. The van der Waals surface area contributed by atoms with Crippen molar-refractivity contribution < 1.29 is 30.7 Å². The third-order valence-electron chi connectivity index (χ3n) is 8.84. The van der Waals surface area contributed by atoms with Gasteiger partial charge in [0.2, 0.25) is 0 Å². The molecule has 39 heavy (non-hydrogen) atoms. The summed E-state index contributed by atoms with van der Waals surface area (Å²) in [6.45, 7) is 3.16. The number of halogens is 1. The fourth-order valence-corrected chi connectivity index (χ4v) is 7.59. The normalized spacial score (nSPS) is 27.0. The van der Waals surface area contributed by atoms with E-state index in [9.17, 15) is 0 Å². The Morgan fingerprint density at radius 2 is 1.59 bits per heavy atom. The number of rotatable bonds is 10. The van der Waals surface area contributed by atoms with Gasteiger partial charge in [0.1, 0.15) is 0 Å². The number of nitrogen functional groups attached to an aromatic ring is 4. The molecule has 3 atom stereocenters. The standard InChI is InChI=1S/C31H45IN5O2/c1-2-38-17-22-12-16-25(29(36)27(22)34)19-6-3-18(4-7-19)5-8-21-11-15-24(28(35)26(21)33)20-9-13-23(14-10-20)39-31-30(37)32-31/h9,11-12,15-16,18-19,23,30-31H,2-8,10,13-14,17,33-37H2,1H3/q-1/t18?,19?,23?,30-,31-/m0/s1. The first kappa shape index (κ1) is 28.5. The maximum atomic E-state index is 6.57. The van der Waals surface area contributed by atoms with Crippen molar-refractivity contribution in [3.05, 3.63) is 52.6 Å². The van der Waals surface area contributed by atoms with Crippen LogP contribution in [-0.4, -0.2) is 20.9 Å². The van der Waals surface area contributed by atoms with Crippen LogP contribution >= 0.6 is 0 Å². The van der Waals surface area contributed by atoms with Crippen molar-refractivity contribution in [3.63, 3.8) is 0 Å². The Morgan fingerprint density at radius 1 is 0.872 bits per heavy atom. The maximum absolute atomic E-state index is 6.57. The van der Waals surface area contributed by atoms with Crippen LogP contribution in [0.15, 0.2) is 30.3 Å². The van der Waals surface area contributed by atoms with Crippen LogP contribution in [0.25, 0.3) is 5.57 Å². The van der Waals surface area contributed by atoms with Gasteiger partial charge in [0.05, 0.1) is 18.0 Å². The van der Waals surface area contributed by atoms with Gasteiger partial charge >= 0.3 is 136 Å². The molecule has 1 heterocycles. The molecule has 0 aromatic heterocycles. The average Bonchev–Trinajstić information content (AvgIpc) is 3.65. The zero-order valence-electron chi connectivity index (χ0n) is 23.1. The predicted molar refractivity (Wildman–Crippen MR) is 157 cm³/mol. The molecule has 10 N–H and O–H groups in total. The molecule has 2 aromatic rings. The third-order valence-corrected chi connectivity index (χ3v) is 11.3. The van der Waals surface area contributed by atoms with Crippen molar-refractivity contribution in [1.82, 2.24) is 0 Å². The van der Waals surface area contributed by atoms with E-state index in [1.165, 1.54) is 29.5 Å². The summed E-state index contributed by atoms with van der Waals surface area (Å²) in [4.78, 5) is 0. The van der Waals surface area contributed by atoms with Crippen LogP contribution in [0.4, 0.5) is 22.7 Å². The van der Waals surface area contributed by atoms with Gasteiger partial charge in [-0.3, -0.25) is 0 Å². The van der Waals surface area contributed by atoms with Crippen LogP contribution in [0.5, 0.6) is 0 Å². The van der Waals surface area contributed by atoms with Gasteiger partial charge in [-0.2, -0.15) is 0 Å². The SMILES string of the molecule is CCOCc1ccc(C2CCC(CCc3ccc(C4=CCC(O[C@@H]5[I-][C@H]5N)CC4)c(N)c3N)CC2)c(N)c1N. The Hall–Kier alpha value is -2.01. The molecular formula is C31H45IN5O2-. The van der Waals surface area contributed by atoms with Crippen LogP contribution in [-0.2, 0) is 22.5 Å². The Bertz CT molecular complexity index is 1190. The number of aryl methyl sites for hydroxylation is 1. The molecule has 2 aliphatic carbocycles. The number of nitrogens with two attached hydrogens (primary N) is 5. The van der Waals surface area contributed by atoms with Gasteiger partial charge in [-0.05, 0) is 50.0 Å². The van der Waals surface area contributed by atoms with Crippen molar-refractivity contribution in [2.45, 2.75) is 91.5 Å². The number of hydrogen-bond acceptors (Lipinski definition) is 7. The zero-order valence-corrected chi connectivity index (χ0v) is 25.3.